The number of para-hydroxylation sites is 2. The van der Waals surface area contributed by atoms with Gasteiger partial charge in [-0.15, -0.1) is 11.3 Å². The number of hydrogen-bond acceptors (Lipinski definition) is 4. The molecule has 14 rings (SSSR count). The first-order valence-corrected chi connectivity index (χ1v) is 30.3. The molecule has 79 heavy (non-hydrogen) atoms. The number of aryl methyl sites for hydroxylation is 4. The minimum Gasteiger partial charge on any atom is -0.313 e. The average Bonchev–Trinajstić information content (AvgIpc) is 3.95. The van der Waals surface area contributed by atoms with Crippen molar-refractivity contribution in [1.29, 1.82) is 0 Å². The molecule has 2 nitrogen and oxygen atoms in total. The van der Waals surface area contributed by atoms with E-state index in [1.807, 2.05) is 23.1 Å². The Morgan fingerprint density at radius 3 is 1.81 bits per heavy atom. The molecular formula is C75H66N2S2. The molecular weight excluding hydrogens is 993 g/mol. The van der Waals surface area contributed by atoms with Crippen LogP contribution >= 0.6 is 23.1 Å². The molecule has 0 fully saturated rings. The van der Waals surface area contributed by atoms with Gasteiger partial charge < -0.3 is 9.80 Å². The van der Waals surface area contributed by atoms with Crippen molar-refractivity contribution in [3.05, 3.63) is 249 Å². The van der Waals surface area contributed by atoms with Crippen LogP contribution in [0.25, 0.3) is 63.6 Å². The van der Waals surface area contributed by atoms with Crippen molar-refractivity contribution in [3.63, 3.8) is 0 Å². The Labute approximate surface area is 474 Å². The van der Waals surface area contributed by atoms with Crippen molar-refractivity contribution in [1.82, 2.24) is 0 Å². The van der Waals surface area contributed by atoms with E-state index in [0.29, 0.717) is 5.92 Å². The van der Waals surface area contributed by atoms with E-state index in [2.05, 4.69) is 252 Å². The van der Waals surface area contributed by atoms with Gasteiger partial charge in [-0.1, -0.05) is 186 Å². The zero-order chi connectivity index (χ0) is 53.7. The number of nitrogens with zero attached hydrogens (tertiary/aromatic N) is 2. The van der Waals surface area contributed by atoms with E-state index in [1.165, 1.54) is 152 Å². The van der Waals surface area contributed by atoms with Crippen molar-refractivity contribution < 1.29 is 0 Å². The van der Waals surface area contributed by atoms with Crippen LogP contribution in [0, 0.1) is 19.3 Å². The zero-order valence-electron chi connectivity index (χ0n) is 46.5. The smallest absolute Gasteiger partial charge is 0.0543 e. The highest BCUT2D eigenvalue weighted by atomic mass is 32.2. The topological polar surface area (TPSA) is 6.48 Å². The summed E-state index contributed by atoms with van der Waals surface area (Å²) in [5, 5.41) is 10.7. The van der Waals surface area contributed by atoms with Gasteiger partial charge in [0, 0.05) is 69.2 Å². The second-order valence-electron chi connectivity index (χ2n) is 23.1. The Bertz CT molecular complexity index is 4350. The maximum absolute atomic E-state index is 2.66. The summed E-state index contributed by atoms with van der Waals surface area (Å²) in [5.74, 6) is 0.424. The first kappa shape index (κ1) is 49.6. The molecule has 0 saturated carbocycles. The fraction of sp³-hybridized carbons (Fsp3) is 0.200. The fourth-order valence-electron chi connectivity index (χ4n) is 14.3. The summed E-state index contributed by atoms with van der Waals surface area (Å²) < 4.78 is 2.73. The Balaban J connectivity index is 0.989. The Morgan fingerprint density at radius 2 is 1.15 bits per heavy atom. The predicted octanol–water partition coefficient (Wildman–Crippen LogP) is 22.4. The molecule has 2 aliphatic carbocycles. The summed E-state index contributed by atoms with van der Waals surface area (Å²) in [4.78, 5) is 8.15. The number of fused-ring (bicyclic) bond motifs is 6. The molecule has 1 aromatic heterocycles. The van der Waals surface area contributed by atoms with Gasteiger partial charge in [0.1, 0.15) is 0 Å². The van der Waals surface area contributed by atoms with Gasteiger partial charge in [-0.2, -0.15) is 0 Å². The second-order valence-corrected chi connectivity index (χ2v) is 25.3. The summed E-state index contributed by atoms with van der Waals surface area (Å²) in [6.07, 6.45) is 13.4. The summed E-state index contributed by atoms with van der Waals surface area (Å²) in [5.41, 5.74) is 20.8. The van der Waals surface area contributed by atoms with Crippen LogP contribution in [0.5, 0.6) is 0 Å². The lowest BCUT2D eigenvalue weighted by molar-refractivity contribution is 0.444. The number of thioether (sulfide) groups is 1. The molecule has 1 aliphatic heterocycles. The molecule has 3 aliphatic rings. The van der Waals surface area contributed by atoms with Gasteiger partial charge in [0.05, 0.1) is 17.1 Å². The molecule has 0 bridgehead atoms. The lowest BCUT2D eigenvalue weighted by atomic mass is 9.73. The molecule has 1 atom stereocenters. The molecule has 10 aromatic carbocycles. The molecule has 0 N–H and O–H groups in total. The lowest BCUT2D eigenvalue weighted by Crippen LogP contribution is -2.32. The highest BCUT2D eigenvalue weighted by molar-refractivity contribution is 8.03. The first-order chi connectivity index (χ1) is 38.6. The maximum atomic E-state index is 2.66. The van der Waals surface area contributed by atoms with Gasteiger partial charge in [0.15, 0.2) is 0 Å². The van der Waals surface area contributed by atoms with Crippen LogP contribution in [0.2, 0.25) is 0 Å². The number of allylic oxidation sites excluding steroid dienone is 8. The van der Waals surface area contributed by atoms with Crippen LogP contribution in [0.4, 0.5) is 28.4 Å². The Hall–Kier alpha value is -7.63. The molecule has 2 heterocycles. The molecule has 0 spiro atoms. The third kappa shape index (κ3) is 8.11. The highest BCUT2D eigenvalue weighted by Crippen LogP contribution is 2.57. The average molecular weight is 1060 g/mol. The molecule has 11 aromatic rings. The van der Waals surface area contributed by atoms with Gasteiger partial charge in [-0.3, -0.25) is 0 Å². The van der Waals surface area contributed by atoms with Gasteiger partial charge in [-0.05, 0) is 184 Å². The summed E-state index contributed by atoms with van der Waals surface area (Å²) in [7, 11) is 0. The van der Waals surface area contributed by atoms with E-state index < -0.39 is 0 Å². The van der Waals surface area contributed by atoms with Crippen molar-refractivity contribution in [2.24, 2.45) is 5.41 Å². The maximum Gasteiger partial charge on any atom is 0.0543 e. The predicted molar refractivity (Wildman–Crippen MR) is 345 cm³/mol. The van der Waals surface area contributed by atoms with Gasteiger partial charge in [-0.25, -0.2) is 0 Å². The third-order valence-electron chi connectivity index (χ3n) is 17.4. The van der Waals surface area contributed by atoms with Gasteiger partial charge >= 0.3 is 0 Å². The van der Waals surface area contributed by atoms with Crippen LogP contribution in [0.1, 0.15) is 105 Å². The van der Waals surface area contributed by atoms with Crippen molar-refractivity contribution >= 4 is 115 Å². The van der Waals surface area contributed by atoms with Gasteiger partial charge in [0.2, 0.25) is 0 Å². The minimum atomic E-state index is -0.215. The fourth-order valence-corrected chi connectivity index (χ4v) is 16.9. The standard InChI is InChI=1S/C75H66N2S2/c1-8-22-49-43-65(76(53-24-12-10-13-25-53)71-46(3)40-51(41-47(71)4)57-30-20-32-61-59-28-16-18-34-67(59)78-72(57)61)63-38-36-56-50(23-9-2)44-66(64-39-37-55(49)69(63)70(56)64)77(54-26-14-11-15-27-54)74-48(5)42-52(45-75(74,6)7)58-31-21-33-62-60-29-17-19-35-68(60)79-73(58)62/h10-21,24-31,33-44,61H,8-9,22-23,32,45H2,1-7H3. The largest absolute Gasteiger partial charge is 0.313 e. The quantitative estimate of drug-likeness (QED) is 0.113. The van der Waals surface area contributed by atoms with E-state index in [4.69, 9.17) is 0 Å². The normalized spacial score (nSPS) is 16.0. The number of anilines is 5. The van der Waals surface area contributed by atoms with Crippen molar-refractivity contribution in [2.75, 3.05) is 9.80 Å². The monoisotopic (exact) mass is 1060 g/mol. The van der Waals surface area contributed by atoms with Crippen LogP contribution < -0.4 is 9.80 Å². The van der Waals surface area contributed by atoms with Crippen molar-refractivity contribution in [3.8, 4) is 0 Å². The number of rotatable bonds is 12. The van der Waals surface area contributed by atoms with E-state index in [-0.39, 0.29) is 5.41 Å². The van der Waals surface area contributed by atoms with E-state index in [1.54, 1.807) is 0 Å². The highest BCUT2D eigenvalue weighted by Gasteiger charge is 2.37. The summed E-state index contributed by atoms with van der Waals surface area (Å²) in [6, 6.07) is 67.1. The Kier molecular flexibility index (Phi) is 12.3. The summed E-state index contributed by atoms with van der Waals surface area (Å²) >= 11 is 3.91. The van der Waals surface area contributed by atoms with Crippen LogP contribution in [0.3, 0.4) is 0 Å². The molecule has 0 radical (unpaired) electrons. The van der Waals surface area contributed by atoms with E-state index >= 15 is 0 Å². The van der Waals surface area contributed by atoms with Gasteiger partial charge in [0.25, 0.3) is 0 Å². The third-order valence-corrected chi connectivity index (χ3v) is 19.9. The second kappa shape index (κ2) is 19.6. The molecule has 0 amide bonds. The minimum absolute atomic E-state index is 0.215. The first-order valence-electron chi connectivity index (χ1n) is 28.7. The molecule has 388 valence electrons. The van der Waals surface area contributed by atoms with E-state index in [9.17, 15) is 0 Å². The zero-order valence-corrected chi connectivity index (χ0v) is 48.1. The van der Waals surface area contributed by atoms with E-state index in [0.717, 1.165) is 38.5 Å². The van der Waals surface area contributed by atoms with Crippen LogP contribution in [-0.4, -0.2) is 0 Å². The SMILES string of the molecule is CCCc1cc(N(C2=C(C)C=C(c3cccc4c3sc3ccccc34)CC2(C)C)c2ccccc2)c2ccc3c(CCC)cc(N(c4ccccc4)c4c(C)cc(C5=C6Sc7ccccc7C6CC=C5)cc4C)c4ccc1c2c34. The van der Waals surface area contributed by atoms with Crippen LogP contribution in [-0.2, 0) is 12.8 Å². The molecule has 1 unspecified atom stereocenters. The summed E-state index contributed by atoms with van der Waals surface area (Å²) in [6.45, 7) is 16.7. The Morgan fingerprint density at radius 1 is 0.570 bits per heavy atom. The number of thiophene rings is 1. The molecule has 4 heteroatoms. The van der Waals surface area contributed by atoms with Crippen molar-refractivity contribution in [2.45, 2.75) is 97.8 Å². The lowest BCUT2D eigenvalue weighted by Gasteiger charge is -2.42. The van der Waals surface area contributed by atoms with Crippen LogP contribution in [0.15, 0.2) is 215 Å². The number of hydrogen-bond donors (Lipinski definition) is 0. The number of benzene rings is 10. The molecule has 0 saturated heterocycles.